The Bertz CT molecular complexity index is 317. The summed E-state index contributed by atoms with van der Waals surface area (Å²) >= 11 is 0. The lowest BCUT2D eigenvalue weighted by molar-refractivity contribution is 0.431. The van der Waals surface area contributed by atoms with Gasteiger partial charge in [-0.2, -0.15) is 0 Å². The van der Waals surface area contributed by atoms with Crippen LogP contribution < -0.4 is 5.32 Å². The van der Waals surface area contributed by atoms with E-state index in [1.807, 2.05) is 6.33 Å². The molecule has 1 aromatic rings. The number of hydrogen-bond acceptors (Lipinski definition) is 2. The lowest BCUT2D eigenvalue weighted by Gasteiger charge is -2.19. The number of nitrogens with one attached hydrogen (secondary N) is 1. The van der Waals surface area contributed by atoms with Gasteiger partial charge in [0.2, 0.25) is 0 Å². The monoisotopic (exact) mass is 223 g/mol. The van der Waals surface area contributed by atoms with E-state index < -0.39 is 0 Å². The maximum Gasteiger partial charge on any atom is 0.0954 e. The highest BCUT2D eigenvalue weighted by atomic mass is 15.1. The van der Waals surface area contributed by atoms with Crippen LogP contribution in [-0.2, 0) is 0 Å². The summed E-state index contributed by atoms with van der Waals surface area (Å²) in [5, 5.41) is 3.57. The van der Waals surface area contributed by atoms with Crippen molar-refractivity contribution in [1.29, 1.82) is 0 Å². The summed E-state index contributed by atoms with van der Waals surface area (Å²) in [5.41, 5.74) is 2.41. The Morgan fingerprint density at radius 1 is 1.38 bits per heavy atom. The van der Waals surface area contributed by atoms with Crippen LogP contribution in [0.1, 0.15) is 51.0 Å². The van der Waals surface area contributed by atoms with Gasteiger partial charge in [0, 0.05) is 24.3 Å². The van der Waals surface area contributed by atoms with Crippen LogP contribution in [0.5, 0.6) is 0 Å². The fraction of sp³-hybridized carbons (Fsp3) is 0.769. The second-order valence-corrected chi connectivity index (χ2v) is 4.77. The molecule has 1 rings (SSSR count). The molecule has 0 radical (unpaired) electrons. The molecule has 0 fully saturated rings. The van der Waals surface area contributed by atoms with Crippen LogP contribution in [0, 0.1) is 13.8 Å². The lowest BCUT2D eigenvalue weighted by Crippen LogP contribution is -2.31. The molecule has 16 heavy (non-hydrogen) atoms. The lowest BCUT2D eigenvalue weighted by atomic mass is 10.2. The highest BCUT2D eigenvalue weighted by molar-refractivity contribution is 5.09. The molecule has 3 nitrogen and oxygen atoms in total. The van der Waals surface area contributed by atoms with Gasteiger partial charge < -0.3 is 9.88 Å². The van der Waals surface area contributed by atoms with E-state index in [1.165, 1.54) is 18.5 Å². The van der Waals surface area contributed by atoms with Crippen molar-refractivity contribution in [2.75, 3.05) is 6.54 Å². The predicted octanol–water partition coefficient (Wildman–Crippen LogP) is 2.84. The zero-order valence-electron chi connectivity index (χ0n) is 11.2. The average Bonchev–Trinajstić information content (AvgIpc) is 2.57. The van der Waals surface area contributed by atoms with E-state index in [0.717, 1.165) is 12.2 Å². The van der Waals surface area contributed by atoms with Crippen molar-refractivity contribution in [1.82, 2.24) is 14.9 Å². The minimum absolute atomic E-state index is 0.473. The van der Waals surface area contributed by atoms with Gasteiger partial charge in [0.1, 0.15) is 0 Å². The van der Waals surface area contributed by atoms with Crippen LogP contribution in [0.2, 0.25) is 0 Å². The molecule has 1 N–H and O–H groups in total. The molecule has 92 valence electrons. The van der Waals surface area contributed by atoms with E-state index in [2.05, 4.69) is 49.5 Å². The summed E-state index contributed by atoms with van der Waals surface area (Å²) in [6.45, 7) is 11.9. The first-order valence-corrected chi connectivity index (χ1v) is 6.29. The largest absolute Gasteiger partial charge is 0.331 e. The third-order valence-electron chi connectivity index (χ3n) is 3.24. The maximum atomic E-state index is 4.34. The average molecular weight is 223 g/mol. The van der Waals surface area contributed by atoms with E-state index in [-0.39, 0.29) is 0 Å². The van der Waals surface area contributed by atoms with Crippen molar-refractivity contribution in [3.8, 4) is 0 Å². The van der Waals surface area contributed by atoms with Gasteiger partial charge in [-0.3, -0.25) is 0 Å². The van der Waals surface area contributed by atoms with Crippen molar-refractivity contribution >= 4 is 0 Å². The highest BCUT2D eigenvalue weighted by Crippen LogP contribution is 2.12. The van der Waals surface area contributed by atoms with Crippen molar-refractivity contribution in [3.05, 3.63) is 17.7 Å². The van der Waals surface area contributed by atoms with Gasteiger partial charge in [-0.05, 0) is 34.1 Å². The minimum atomic E-state index is 0.473. The van der Waals surface area contributed by atoms with Gasteiger partial charge in [0.25, 0.3) is 0 Å². The van der Waals surface area contributed by atoms with Crippen molar-refractivity contribution in [2.24, 2.45) is 0 Å². The number of imidazole rings is 1. The Morgan fingerprint density at radius 2 is 2.06 bits per heavy atom. The molecule has 1 heterocycles. The zero-order chi connectivity index (χ0) is 12.1. The predicted molar refractivity (Wildman–Crippen MR) is 68.8 cm³/mol. The molecular formula is C13H25N3. The van der Waals surface area contributed by atoms with Crippen LogP contribution in [0.15, 0.2) is 6.33 Å². The molecule has 0 aliphatic rings. The maximum absolute atomic E-state index is 4.34. The van der Waals surface area contributed by atoms with Gasteiger partial charge in [0.15, 0.2) is 0 Å². The normalized spacial score (nSPS) is 15.1. The third kappa shape index (κ3) is 3.34. The van der Waals surface area contributed by atoms with E-state index in [9.17, 15) is 0 Å². The molecule has 0 spiro atoms. The summed E-state index contributed by atoms with van der Waals surface area (Å²) < 4.78 is 2.25. The summed E-state index contributed by atoms with van der Waals surface area (Å²) in [6.07, 6.45) is 4.43. The van der Waals surface area contributed by atoms with Crippen LogP contribution in [0.4, 0.5) is 0 Å². The Kier molecular flexibility index (Phi) is 5.00. The summed E-state index contributed by atoms with van der Waals surface area (Å²) in [6, 6.07) is 1.08. The summed E-state index contributed by atoms with van der Waals surface area (Å²) in [5.74, 6) is 0. The molecule has 0 aliphatic carbocycles. The van der Waals surface area contributed by atoms with Crippen LogP contribution in [0.25, 0.3) is 0 Å². The Balaban J connectivity index is 2.46. The van der Waals surface area contributed by atoms with Gasteiger partial charge in [-0.15, -0.1) is 0 Å². The van der Waals surface area contributed by atoms with Crippen LogP contribution >= 0.6 is 0 Å². The Labute approximate surface area is 99.3 Å². The number of nitrogens with zero attached hydrogens (tertiary/aromatic N) is 2. The first-order valence-electron chi connectivity index (χ1n) is 6.29. The Morgan fingerprint density at radius 3 is 2.56 bits per heavy atom. The van der Waals surface area contributed by atoms with Crippen molar-refractivity contribution < 1.29 is 0 Å². The number of aryl methyl sites for hydroxylation is 1. The fourth-order valence-electron chi connectivity index (χ4n) is 1.97. The number of rotatable bonds is 6. The second kappa shape index (κ2) is 6.04. The quantitative estimate of drug-likeness (QED) is 0.803. The highest BCUT2D eigenvalue weighted by Gasteiger charge is 2.10. The molecule has 0 saturated heterocycles. The third-order valence-corrected chi connectivity index (χ3v) is 3.24. The molecule has 2 atom stereocenters. The van der Waals surface area contributed by atoms with Crippen LogP contribution in [-0.4, -0.2) is 22.1 Å². The first-order chi connectivity index (χ1) is 7.56. The summed E-state index contributed by atoms with van der Waals surface area (Å²) in [7, 11) is 0. The Hall–Kier alpha value is -0.830. The first kappa shape index (κ1) is 13.2. The van der Waals surface area contributed by atoms with E-state index in [0.29, 0.717) is 12.1 Å². The molecule has 3 heteroatoms. The molecular weight excluding hydrogens is 198 g/mol. The molecule has 1 aromatic heterocycles. The SMILES string of the molecule is CCCC(C)NCC(C)n1cnc(C)c1C. The molecule has 0 aromatic carbocycles. The standard InChI is InChI=1S/C13H25N3/c1-6-7-10(2)14-8-11(3)16-9-15-12(4)13(16)5/h9-11,14H,6-8H2,1-5H3. The number of aromatic nitrogens is 2. The molecule has 2 unspecified atom stereocenters. The molecule has 0 bridgehead atoms. The second-order valence-electron chi connectivity index (χ2n) is 4.77. The van der Waals surface area contributed by atoms with Gasteiger partial charge in [-0.1, -0.05) is 13.3 Å². The fourth-order valence-corrected chi connectivity index (χ4v) is 1.97. The number of hydrogen-bond donors (Lipinski definition) is 1. The van der Waals surface area contributed by atoms with E-state index in [4.69, 9.17) is 0 Å². The topological polar surface area (TPSA) is 29.9 Å². The van der Waals surface area contributed by atoms with Gasteiger partial charge >= 0.3 is 0 Å². The van der Waals surface area contributed by atoms with Gasteiger partial charge in [0.05, 0.1) is 12.0 Å². The smallest absolute Gasteiger partial charge is 0.0954 e. The van der Waals surface area contributed by atoms with Crippen LogP contribution in [0.3, 0.4) is 0 Å². The zero-order valence-corrected chi connectivity index (χ0v) is 11.2. The van der Waals surface area contributed by atoms with E-state index in [1.54, 1.807) is 0 Å². The molecule has 0 aliphatic heterocycles. The van der Waals surface area contributed by atoms with Crippen molar-refractivity contribution in [2.45, 2.75) is 59.5 Å². The molecule has 0 amide bonds. The van der Waals surface area contributed by atoms with Gasteiger partial charge in [-0.25, -0.2) is 4.98 Å². The minimum Gasteiger partial charge on any atom is -0.331 e. The summed E-state index contributed by atoms with van der Waals surface area (Å²) in [4.78, 5) is 4.34. The molecule has 0 saturated carbocycles. The van der Waals surface area contributed by atoms with E-state index >= 15 is 0 Å². The van der Waals surface area contributed by atoms with Crippen molar-refractivity contribution in [3.63, 3.8) is 0 Å².